The topological polar surface area (TPSA) is 52.6 Å². The molecule has 4 nitrogen and oxygen atoms in total. The minimum atomic E-state index is -0.654. The number of nitrogens with zero attached hydrogens (tertiary/aromatic N) is 1. The molecular weight excluding hydrogens is 300 g/mol. The molecule has 2 aliphatic heterocycles. The first-order valence-corrected chi connectivity index (χ1v) is 8.42. The van der Waals surface area contributed by atoms with Crippen LogP contribution in [0.5, 0.6) is 0 Å². The van der Waals surface area contributed by atoms with Crippen LogP contribution in [0, 0.1) is 5.41 Å². The van der Waals surface area contributed by atoms with Crippen LogP contribution in [0.15, 0.2) is 54.6 Å². The van der Waals surface area contributed by atoms with Crippen LogP contribution in [-0.2, 0) is 6.54 Å². The Balaban J connectivity index is 1.64. The normalized spacial score (nSPS) is 29.5. The highest BCUT2D eigenvalue weighted by molar-refractivity contribution is 5.96. The summed E-state index contributed by atoms with van der Waals surface area (Å²) in [6.07, 6.45) is -0.654. The maximum atomic E-state index is 12.6. The fraction of sp³-hybridized carbons (Fsp3) is 0.350. The molecule has 2 N–H and O–H groups in total. The first-order valence-electron chi connectivity index (χ1n) is 8.42. The third-order valence-electron chi connectivity index (χ3n) is 5.48. The van der Waals surface area contributed by atoms with Gasteiger partial charge in [-0.2, -0.15) is 0 Å². The molecule has 2 aliphatic rings. The van der Waals surface area contributed by atoms with E-state index >= 15 is 0 Å². The lowest BCUT2D eigenvalue weighted by Crippen LogP contribution is -2.46. The highest BCUT2D eigenvalue weighted by atomic mass is 16.3. The van der Waals surface area contributed by atoms with E-state index in [1.54, 1.807) is 6.07 Å². The lowest BCUT2D eigenvalue weighted by molar-refractivity contribution is 0.0295. The van der Waals surface area contributed by atoms with Gasteiger partial charge >= 0.3 is 0 Å². The van der Waals surface area contributed by atoms with Crippen LogP contribution >= 0.6 is 0 Å². The number of rotatable bonds is 2. The van der Waals surface area contributed by atoms with E-state index in [1.807, 2.05) is 36.4 Å². The van der Waals surface area contributed by atoms with Crippen LogP contribution in [0.1, 0.15) is 34.5 Å². The average Bonchev–Trinajstić information content (AvgIpc) is 2.88. The van der Waals surface area contributed by atoms with Gasteiger partial charge in [0.05, 0.1) is 12.1 Å². The van der Waals surface area contributed by atoms with Crippen LogP contribution in [0.4, 0.5) is 0 Å². The van der Waals surface area contributed by atoms with Crippen molar-refractivity contribution in [1.82, 2.24) is 10.2 Å². The van der Waals surface area contributed by atoms with Gasteiger partial charge in [-0.3, -0.25) is 9.69 Å². The summed E-state index contributed by atoms with van der Waals surface area (Å²) in [6, 6.07) is 17.6. The van der Waals surface area contributed by atoms with Crippen LogP contribution in [-0.4, -0.2) is 35.0 Å². The predicted octanol–water partition coefficient (Wildman–Crippen LogP) is 2.35. The predicted molar refractivity (Wildman–Crippen MR) is 92.5 cm³/mol. The molecule has 0 radical (unpaired) electrons. The summed E-state index contributed by atoms with van der Waals surface area (Å²) in [4.78, 5) is 14.9. The van der Waals surface area contributed by atoms with Crippen molar-refractivity contribution in [2.24, 2.45) is 5.41 Å². The molecule has 1 amide bonds. The van der Waals surface area contributed by atoms with Crippen molar-refractivity contribution < 1.29 is 9.90 Å². The Morgan fingerprint density at radius 1 is 1.17 bits per heavy atom. The fourth-order valence-corrected chi connectivity index (χ4v) is 4.11. The zero-order valence-electron chi connectivity index (χ0n) is 13.8. The molecule has 0 bridgehead atoms. The van der Waals surface area contributed by atoms with Crippen LogP contribution in [0.2, 0.25) is 0 Å². The molecule has 2 aromatic carbocycles. The number of nitrogens with one attached hydrogen (secondary N) is 1. The third-order valence-corrected chi connectivity index (χ3v) is 5.48. The van der Waals surface area contributed by atoms with Gasteiger partial charge in [0.1, 0.15) is 0 Å². The number of aliphatic hydroxyl groups excluding tert-OH is 1. The van der Waals surface area contributed by atoms with E-state index in [2.05, 4.69) is 29.3 Å². The first-order chi connectivity index (χ1) is 11.6. The Morgan fingerprint density at radius 2 is 1.88 bits per heavy atom. The van der Waals surface area contributed by atoms with Crippen molar-refractivity contribution in [2.45, 2.75) is 25.6 Å². The molecule has 2 aromatic rings. The number of hydrogen-bond acceptors (Lipinski definition) is 3. The molecular formula is C20H22N2O2. The van der Waals surface area contributed by atoms with E-state index in [1.165, 1.54) is 5.56 Å². The van der Waals surface area contributed by atoms with Crippen molar-refractivity contribution in [3.05, 3.63) is 71.3 Å². The number of likely N-dealkylation sites (tertiary alicyclic amines) is 1. The first kappa shape index (κ1) is 15.4. The Labute approximate surface area is 142 Å². The van der Waals surface area contributed by atoms with Crippen molar-refractivity contribution in [3.8, 4) is 0 Å². The van der Waals surface area contributed by atoms with Crippen molar-refractivity contribution in [2.75, 3.05) is 13.1 Å². The van der Waals surface area contributed by atoms with Gasteiger partial charge in [-0.1, -0.05) is 55.5 Å². The number of carbonyl (C=O) groups excluding carboxylic acids is 1. The molecule has 1 unspecified atom stereocenters. The van der Waals surface area contributed by atoms with Gasteiger partial charge in [0.2, 0.25) is 0 Å². The summed E-state index contributed by atoms with van der Waals surface area (Å²) in [5.74, 6) is -0.0834. The zero-order chi connectivity index (χ0) is 16.7. The summed E-state index contributed by atoms with van der Waals surface area (Å²) < 4.78 is 0. The Morgan fingerprint density at radius 3 is 2.67 bits per heavy atom. The maximum absolute atomic E-state index is 12.6. The molecule has 0 spiro atoms. The van der Waals surface area contributed by atoms with Gasteiger partial charge in [0.15, 0.2) is 0 Å². The Kier molecular flexibility index (Phi) is 3.66. The summed E-state index contributed by atoms with van der Waals surface area (Å²) in [5, 5.41) is 14.2. The van der Waals surface area contributed by atoms with E-state index in [9.17, 15) is 9.90 Å². The summed E-state index contributed by atoms with van der Waals surface area (Å²) in [6.45, 7) is 4.41. The lowest BCUT2D eigenvalue weighted by atomic mass is 9.77. The number of aliphatic hydroxyl groups is 1. The van der Waals surface area contributed by atoms with E-state index < -0.39 is 11.5 Å². The van der Waals surface area contributed by atoms with Crippen molar-refractivity contribution in [1.29, 1.82) is 0 Å². The largest absolute Gasteiger partial charge is 0.388 e. The number of hydrogen-bond donors (Lipinski definition) is 2. The lowest BCUT2D eigenvalue weighted by Gasteiger charge is -2.33. The molecule has 3 atom stereocenters. The van der Waals surface area contributed by atoms with Crippen molar-refractivity contribution >= 4 is 5.91 Å². The molecule has 0 aromatic heterocycles. The quantitative estimate of drug-likeness (QED) is 0.892. The molecule has 0 aliphatic carbocycles. The second-order valence-electron chi connectivity index (χ2n) is 7.18. The van der Waals surface area contributed by atoms with Gasteiger partial charge < -0.3 is 10.4 Å². The molecule has 2 heterocycles. The SMILES string of the molecule is C[C@]12CN(Cc3ccccc3)C[C@H]1NC(=O)c1ccccc1C2O. The molecule has 4 heteroatoms. The average molecular weight is 322 g/mol. The summed E-state index contributed by atoms with van der Waals surface area (Å²) >= 11 is 0. The molecule has 1 saturated heterocycles. The van der Waals surface area contributed by atoms with Crippen LogP contribution in [0.3, 0.4) is 0 Å². The van der Waals surface area contributed by atoms with E-state index in [4.69, 9.17) is 0 Å². The minimum absolute atomic E-state index is 0.0592. The number of benzene rings is 2. The van der Waals surface area contributed by atoms with Crippen LogP contribution in [0.25, 0.3) is 0 Å². The monoisotopic (exact) mass is 322 g/mol. The van der Waals surface area contributed by atoms with E-state index in [-0.39, 0.29) is 11.9 Å². The summed E-state index contributed by atoms with van der Waals surface area (Å²) in [7, 11) is 0. The van der Waals surface area contributed by atoms with Gasteiger partial charge in [0.25, 0.3) is 5.91 Å². The molecule has 24 heavy (non-hydrogen) atoms. The Hall–Kier alpha value is -2.17. The molecule has 1 fully saturated rings. The number of amides is 1. The van der Waals surface area contributed by atoms with Gasteiger partial charge in [-0.25, -0.2) is 0 Å². The second-order valence-corrected chi connectivity index (χ2v) is 7.18. The summed E-state index contributed by atoms with van der Waals surface area (Å²) in [5.41, 5.74) is 2.19. The smallest absolute Gasteiger partial charge is 0.251 e. The Bertz CT molecular complexity index is 761. The highest BCUT2D eigenvalue weighted by Crippen LogP contribution is 2.45. The van der Waals surface area contributed by atoms with E-state index in [0.29, 0.717) is 5.56 Å². The third kappa shape index (κ3) is 2.43. The number of fused-ring (bicyclic) bond motifs is 2. The minimum Gasteiger partial charge on any atom is -0.388 e. The second kappa shape index (κ2) is 5.72. The molecule has 124 valence electrons. The van der Waals surface area contributed by atoms with E-state index in [0.717, 1.165) is 25.2 Å². The zero-order valence-corrected chi connectivity index (χ0v) is 13.8. The standard InChI is InChI=1S/C20H22N2O2/c1-20-13-22(11-14-7-3-2-4-8-14)12-17(20)21-19(24)16-10-6-5-9-15(16)18(20)23/h2-10,17-18,23H,11-13H2,1H3,(H,21,24)/t17-,18?,20+/m1/s1. The fourth-order valence-electron chi connectivity index (χ4n) is 4.11. The highest BCUT2D eigenvalue weighted by Gasteiger charge is 2.51. The maximum Gasteiger partial charge on any atom is 0.251 e. The molecule has 4 rings (SSSR count). The number of carbonyl (C=O) groups is 1. The van der Waals surface area contributed by atoms with Gasteiger partial charge in [-0.05, 0) is 17.2 Å². The van der Waals surface area contributed by atoms with Gasteiger partial charge in [-0.15, -0.1) is 0 Å². The van der Waals surface area contributed by atoms with Gasteiger partial charge in [0, 0.05) is 30.6 Å². The van der Waals surface area contributed by atoms with Crippen LogP contribution < -0.4 is 5.32 Å². The van der Waals surface area contributed by atoms with Crippen molar-refractivity contribution in [3.63, 3.8) is 0 Å². The molecule has 0 saturated carbocycles.